The summed E-state index contributed by atoms with van der Waals surface area (Å²) in [4.78, 5) is 10.4. The van der Waals surface area contributed by atoms with Crippen molar-refractivity contribution in [2.75, 3.05) is 13.1 Å². The first kappa shape index (κ1) is 18.5. The SMILES string of the molecule is CC1(C)CN(Cc2ncc(-c3cccc(Br)c3)[nH]2)CCC1N.Cl. The zero-order valence-corrected chi connectivity index (χ0v) is 16.0. The number of hydrogen-bond acceptors (Lipinski definition) is 3. The van der Waals surface area contributed by atoms with E-state index < -0.39 is 0 Å². The number of nitrogens with zero attached hydrogens (tertiary/aromatic N) is 2. The highest BCUT2D eigenvalue weighted by Crippen LogP contribution is 2.28. The van der Waals surface area contributed by atoms with Gasteiger partial charge < -0.3 is 10.7 Å². The minimum absolute atomic E-state index is 0. The fourth-order valence-corrected chi connectivity index (χ4v) is 3.48. The van der Waals surface area contributed by atoms with Gasteiger partial charge in [-0.05, 0) is 24.0 Å². The van der Waals surface area contributed by atoms with Crippen molar-refractivity contribution in [2.45, 2.75) is 32.9 Å². The number of imidazole rings is 1. The van der Waals surface area contributed by atoms with Crippen LogP contribution in [-0.2, 0) is 6.54 Å². The zero-order valence-electron chi connectivity index (χ0n) is 13.6. The molecule has 0 bridgehead atoms. The van der Waals surface area contributed by atoms with Crippen LogP contribution in [-0.4, -0.2) is 34.0 Å². The van der Waals surface area contributed by atoms with Crippen molar-refractivity contribution in [3.63, 3.8) is 0 Å². The summed E-state index contributed by atoms with van der Waals surface area (Å²) in [5.74, 6) is 1.02. The molecule has 1 aliphatic heterocycles. The quantitative estimate of drug-likeness (QED) is 0.825. The lowest BCUT2D eigenvalue weighted by atomic mass is 9.80. The van der Waals surface area contributed by atoms with Crippen LogP contribution in [0.25, 0.3) is 11.3 Å². The Morgan fingerprint density at radius 3 is 2.91 bits per heavy atom. The van der Waals surface area contributed by atoms with Gasteiger partial charge in [-0.15, -0.1) is 12.4 Å². The number of likely N-dealkylation sites (tertiary alicyclic amines) is 1. The third-order valence-corrected chi connectivity index (χ3v) is 5.02. The third-order valence-electron chi connectivity index (χ3n) is 4.53. The second kappa shape index (κ2) is 7.34. The molecule has 126 valence electrons. The smallest absolute Gasteiger partial charge is 0.120 e. The Morgan fingerprint density at radius 2 is 2.22 bits per heavy atom. The van der Waals surface area contributed by atoms with E-state index in [2.05, 4.69) is 56.8 Å². The van der Waals surface area contributed by atoms with Crippen LogP contribution in [0.3, 0.4) is 0 Å². The van der Waals surface area contributed by atoms with Crippen LogP contribution in [0.2, 0.25) is 0 Å². The second-order valence-corrected chi connectivity index (χ2v) is 7.76. The molecule has 1 atom stereocenters. The van der Waals surface area contributed by atoms with E-state index >= 15 is 0 Å². The van der Waals surface area contributed by atoms with E-state index in [9.17, 15) is 0 Å². The predicted molar refractivity (Wildman–Crippen MR) is 101 cm³/mol. The molecule has 1 aromatic carbocycles. The topological polar surface area (TPSA) is 57.9 Å². The Kier molecular flexibility index (Phi) is 5.89. The molecule has 3 N–H and O–H groups in total. The summed E-state index contributed by atoms with van der Waals surface area (Å²) in [6.45, 7) is 7.40. The molecule has 0 amide bonds. The van der Waals surface area contributed by atoms with E-state index in [4.69, 9.17) is 5.73 Å². The number of aromatic nitrogens is 2. The van der Waals surface area contributed by atoms with Crippen molar-refractivity contribution < 1.29 is 0 Å². The maximum Gasteiger partial charge on any atom is 0.120 e. The van der Waals surface area contributed by atoms with Crippen molar-refractivity contribution in [1.29, 1.82) is 0 Å². The van der Waals surface area contributed by atoms with Gasteiger partial charge in [0.1, 0.15) is 5.82 Å². The maximum atomic E-state index is 6.21. The molecule has 4 nitrogen and oxygen atoms in total. The summed E-state index contributed by atoms with van der Waals surface area (Å²) in [5.41, 5.74) is 8.58. The highest BCUT2D eigenvalue weighted by Gasteiger charge is 2.33. The van der Waals surface area contributed by atoms with Crippen LogP contribution in [0.1, 0.15) is 26.1 Å². The van der Waals surface area contributed by atoms with Crippen molar-refractivity contribution in [3.05, 3.63) is 40.8 Å². The average molecular weight is 400 g/mol. The van der Waals surface area contributed by atoms with Crippen molar-refractivity contribution in [2.24, 2.45) is 11.1 Å². The van der Waals surface area contributed by atoms with Gasteiger partial charge in [-0.1, -0.05) is 41.9 Å². The summed E-state index contributed by atoms with van der Waals surface area (Å²) in [7, 11) is 0. The number of rotatable bonds is 3. The summed E-state index contributed by atoms with van der Waals surface area (Å²) >= 11 is 3.51. The molecule has 0 radical (unpaired) electrons. The first-order valence-electron chi connectivity index (χ1n) is 7.72. The molecular formula is C17H24BrClN4. The van der Waals surface area contributed by atoms with Crippen LogP contribution in [0.4, 0.5) is 0 Å². The van der Waals surface area contributed by atoms with Gasteiger partial charge in [-0.3, -0.25) is 4.90 Å². The minimum atomic E-state index is 0. The number of nitrogens with one attached hydrogen (secondary N) is 1. The number of H-pyrrole nitrogens is 1. The molecule has 6 heteroatoms. The van der Waals surface area contributed by atoms with Crippen LogP contribution in [0.15, 0.2) is 34.9 Å². The first-order chi connectivity index (χ1) is 10.4. The molecule has 1 saturated heterocycles. The largest absolute Gasteiger partial charge is 0.341 e. The van der Waals surface area contributed by atoms with Gasteiger partial charge in [0.2, 0.25) is 0 Å². The summed E-state index contributed by atoms with van der Waals surface area (Å²) in [6.07, 6.45) is 2.96. The Hall–Kier alpha value is -0.880. The summed E-state index contributed by atoms with van der Waals surface area (Å²) in [6, 6.07) is 8.54. The molecule has 23 heavy (non-hydrogen) atoms. The number of benzene rings is 1. The van der Waals surface area contributed by atoms with Crippen molar-refractivity contribution >= 4 is 28.3 Å². The van der Waals surface area contributed by atoms with Crippen LogP contribution < -0.4 is 5.73 Å². The molecule has 0 saturated carbocycles. The van der Waals surface area contributed by atoms with Gasteiger partial charge in [0.25, 0.3) is 0 Å². The average Bonchev–Trinajstić information content (AvgIpc) is 2.91. The maximum absolute atomic E-state index is 6.21. The lowest BCUT2D eigenvalue weighted by Crippen LogP contribution is -2.52. The van der Waals surface area contributed by atoms with Crippen molar-refractivity contribution in [3.8, 4) is 11.3 Å². The fraction of sp³-hybridized carbons (Fsp3) is 0.471. The van der Waals surface area contributed by atoms with Gasteiger partial charge in [0.15, 0.2) is 0 Å². The van der Waals surface area contributed by atoms with Gasteiger partial charge in [0.05, 0.1) is 18.4 Å². The predicted octanol–water partition coefficient (Wildman–Crippen LogP) is 3.82. The van der Waals surface area contributed by atoms with Gasteiger partial charge in [-0.25, -0.2) is 4.98 Å². The number of halogens is 2. The molecule has 1 aromatic heterocycles. The Balaban J connectivity index is 0.00000192. The summed E-state index contributed by atoms with van der Waals surface area (Å²) < 4.78 is 1.08. The molecular weight excluding hydrogens is 376 g/mol. The second-order valence-electron chi connectivity index (χ2n) is 6.85. The Morgan fingerprint density at radius 1 is 1.43 bits per heavy atom. The van der Waals surface area contributed by atoms with E-state index in [1.807, 2.05) is 18.3 Å². The first-order valence-corrected chi connectivity index (χ1v) is 8.51. The molecule has 2 aromatic rings. The van der Waals surface area contributed by atoms with Gasteiger partial charge in [0, 0.05) is 29.2 Å². The molecule has 0 aliphatic carbocycles. The number of aromatic amines is 1. The van der Waals surface area contributed by atoms with Crippen molar-refractivity contribution in [1.82, 2.24) is 14.9 Å². The van der Waals surface area contributed by atoms with E-state index in [0.717, 1.165) is 47.6 Å². The highest BCUT2D eigenvalue weighted by atomic mass is 79.9. The number of hydrogen-bond donors (Lipinski definition) is 2. The normalized spacial score (nSPS) is 21.0. The molecule has 2 heterocycles. The van der Waals surface area contributed by atoms with E-state index in [0.29, 0.717) is 0 Å². The zero-order chi connectivity index (χ0) is 15.7. The lowest BCUT2D eigenvalue weighted by Gasteiger charge is -2.42. The van der Waals surface area contributed by atoms with Crippen LogP contribution in [0.5, 0.6) is 0 Å². The molecule has 1 unspecified atom stereocenters. The summed E-state index contributed by atoms with van der Waals surface area (Å²) in [5, 5.41) is 0. The highest BCUT2D eigenvalue weighted by molar-refractivity contribution is 9.10. The minimum Gasteiger partial charge on any atom is -0.341 e. The molecule has 0 spiro atoms. The van der Waals surface area contributed by atoms with Gasteiger partial charge >= 0.3 is 0 Å². The number of piperidine rings is 1. The molecule has 3 rings (SSSR count). The fourth-order valence-electron chi connectivity index (χ4n) is 3.08. The van der Waals surface area contributed by atoms with E-state index in [1.54, 1.807) is 0 Å². The number of nitrogens with two attached hydrogens (primary N) is 1. The Bertz CT molecular complexity index is 656. The molecule has 1 fully saturated rings. The standard InChI is InChI=1S/C17H23BrN4.ClH/c1-17(2)11-22(7-6-15(17)19)10-16-20-9-14(21-16)12-4-3-5-13(18)8-12;/h3-5,8-9,15H,6-7,10-11,19H2,1-2H3,(H,20,21);1H. The van der Waals surface area contributed by atoms with Gasteiger partial charge in [-0.2, -0.15) is 0 Å². The molecule has 1 aliphatic rings. The Labute approximate surface area is 152 Å². The van der Waals surface area contributed by atoms with Crippen LogP contribution in [0, 0.1) is 5.41 Å². The third kappa shape index (κ3) is 4.35. The lowest BCUT2D eigenvalue weighted by molar-refractivity contribution is 0.0880. The van der Waals surface area contributed by atoms with E-state index in [-0.39, 0.29) is 23.9 Å². The van der Waals surface area contributed by atoms with Crippen LogP contribution >= 0.6 is 28.3 Å². The monoisotopic (exact) mass is 398 g/mol. The van der Waals surface area contributed by atoms with E-state index in [1.165, 1.54) is 0 Å².